The van der Waals surface area contributed by atoms with Crippen molar-refractivity contribution in [3.8, 4) is 0 Å². The van der Waals surface area contributed by atoms with Crippen molar-refractivity contribution in [2.45, 2.75) is 0 Å². The van der Waals surface area contributed by atoms with Crippen LogP contribution in [0.2, 0.25) is 0 Å². The first-order chi connectivity index (χ1) is 2.73. The van der Waals surface area contributed by atoms with Gasteiger partial charge in [0.1, 0.15) is 0 Å². The summed E-state index contributed by atoms with van der Waals surface area (Å²) in [4.78, 5) is 8.56. The smallest absolute Gasteiger partial charge is 0.450 e. The predicted octanol–water partition coefficient (Wildman–Crippen LogP) is 0.321. The summed E-state index contributed by atoms with van der Waals surface area (Å²) >= 11 is 4.14. The first-order valence-electron chi connectivity index (χ1n) is 0.870. The van der Waals surface area contributed by atoms with Crippen molar-refractivity contribution >= 4 is 17.9 Å². The lowest BCUT2D eigenvalue weighted by molar-refractivity contribution is 0.137. The van der Waals surface area contributed by atoms with Crippen LogP contribution in [0.15, 0.2) is 0 Å². The van der Waals surface area contributed by atoms with Crippen molar-refractivity contribution in [3.63, 3.8) is 0 Å². The second kappa shape index (κ2) is 8.82. The van der Waals surface area contributed by atoms with E-state index in [9.17, 15) is 0 Å². The molecule has 0 unspecified atom stereocenters. The van der Waals surface area contributed by atoms with Gasteiger partial charge in [-0.15, -0.1) is 0 Å². The molecule has 0 aliphatic heterocycles. The van der Waals surface area contributed by atoms with Gasteiger partial charge in [0.2, 0.25) is 0 Å². The van der Waals surface area contributed by atoms with Crippen LogP contribution in [0.4, 0.5) is 4.79 Å². The fourth-order valence-electron chi connectivity index (χ4n) is 0. The summed E-state index contributed by atoms with van der Waals surface area (Å²) < 4.78 is 0. The largest absolute Gasteiger partial charge is 0.503 e. The monoisotopic (exact) mass is 113 g/mol. The number of nitrogens with two attached hydrogens (primary N) is 1. The molecule has 0 rings (SSSR count). The minimum absolute atomic E-state index is 1.83. The van der Waals surface area contributed by atoms with E-state index in [4.69, 9.17) is 15.0 Å². The third-order valence-electron chi connectivity index (χ3n) is 0. The molecular weight excluding hydrogens is 109 g/mol. The van der Waals surface area contributed by atoms with Gasteiger partial charge < -0.3 is 10.2 Å². The van der Waals surface area contributed by atoms with E-state index in [2.05, 4.69) is 17.0 Å². The second-order valence-corrected chi connectivity index (χ2v) is 0.283. The maximum atomic E-state index is 8.56. The molecule has 0 heterocycles. The maximum Gasteiger partial charge on any atom is 0.503 e. The van der Waals surface area contributed by atoms with Crippen LogP contribution in [0.1, 0.15) is 0 Å². The molecular formula is CH4ClNO3. The molecule has 4 N–H and O–H groups in total. The molecule has 0 aliphatic carbocycles. The Morgan fingerprint density at radius 3 is 1.50 bits per heavy atom. The van der Waals surface area contributed by atoms with Gasteiger partial charge in [-0.25, -0.2) is 10.0 Å². The normalized spacial score (nSPS) is 5.00. The van der Waals surface area contributed by atoms with Crippen molar-refractivity contribution in [2.24, 2.45) is 5.25 Å². The summed E-state index contributed by atoms with van der Waals surface area (Å²) in [5.74, 6) is 0. The third kappa shape index (κ3) is 97.0. The molecule has 0 aromatic heterocycles. The van der Waals surface area contributed by atoms with Crippen molar-refractivity contribution in [1.29, 1.82) is 0 Å². The number of hydrogen-bond donors (Lipinski definition) is 3. The summed E-state index contributed by atoms with van der Waals surface area (Å²) in [6.07, 6.45) is -1.83. The molecule has 0 bridgehead atoms. The van der Waals surface area contributed by atoms with E-state index >= 15 is 0 Å². The molecule has 0 fully saturated rings. The van der Waals surface area contributed by atoms with E-state index in [1.807, 2.05) is 0 Å². The zero-order valence-electron chi connectivity index (χ0n) is 2.76. The third-order valence-corrected chi connectivity index (χ3v) is 0. The summed E-state index contributed by atoms with van der Waals surface area (Å²) in [7, 11) is 0. The van der Waals surface area contributed by atoms with E-state index in [1.54, 1.807) is 0 Å². The van der Waals surface area contributed by atoms with Crippen LogP contribution >= 0.6 is 11.8 Å². The van der Waals surface area contributed by atoms with Crippen LogP contribution in [-0.2, 0) is 0 Å². The lowest BCUT2D eigenvalue weighted by atomic mass is 11.5. The Morgan fingerprint density at radius 1 is 1.50 bits per heavy atom. The van der Waals surface area contributed by atoms with E-state index in [0.29, 0.717) is 0 Å². The van der Waals surface area contributed by atoms with Crippen LogP contribution in [-0.4, -0.2) is 16.4 Å². The van der Waals surface area contributed by atoms with Crippen molar-refractivity contribution in [2.75, 3.05) is 0 Å². The minimum atomic E-state index is -1.83. The zero-order valence-corrected chi connectivity index (χ0v) is 3.51. The minimum Gasteiger partial charge on any atom is -0.450 e. The molecule has 0 aromatic carbocycles. The van der Waals surface area contributed by atoms with Gasteiger partial charge in [-0.1, -0.05) is 0 Å². The second-order valence-electron chi connectivity index (χ2n) is 0.283. The molecule has 0 aliphatic rings. The SMILES string of the molecule is NCl.O=C(O)O. The molecule has 0 radical (unpaired) electrons. The molecule has 0 saturated carbocycles. The van der Waals surface area contributed by atoms with Gasteiger partial charge in [0.15, 0.2) is 0 Å². The van der Waals surface area contributed by atoms with Crippen LogP contribution < -0.4 is 5.25 Å². The predicted molar refractivity (Wildman–Crippen MR) is 20.7 cm³/mol. The van der Waals surface area contributed by atoms with E-state index in [0.717, 1.165) is 0 Å². The lowest BCUT2D eigenvalue weighted by Gasteiger charge is -1.60. The van der Waals surface area contributed by atoms with Crippen molar-refractivity contribution < 1.29 is 15.0 Å². The molecule has 6 heavy (non-hydrogen) atoms. The first kappa shape index (κ1) is 9.10. The Labute approximate surface area is 39.2 Å². The number of carboxylic acid groups (broad SMARTS) is 2. The highest BCUT2D eigenvalue weighted by molar-refractivity contribution is 6.11. The topological polar surface area (TPSA) is 83.6 Å². The summed E-state index contributed by atoms with van der Waals surface area (Å²) in [6, 6.07) is 0. The highest BCUT2D eigenvalue weighted by atomic mass is 35.5. The Hall–Kier alpha value is -0.480. The molecule has 0 amide bonds. The summed E-state index contributed by atoms with van der Waals surface area (Å²) in [6.45, 7) is 0. The number of carbonyl (C=O) groups is 1. The molecule has 5 heteroatoms. The maximum absolute atomic E-state index is 8.56. The molecule has 0 saturated heterocycles. The zero-order chi connectivity index (χ0) is 5.58. The molecule has 4 nitrogen and oxygen atoms in total. The molecule has 38 valence electrons. The molecule has 0 spiro atoms. The van der Waals surface area contributed by atoms with E-state index in [-0.39, 0.29) is 0 Å². The number of halogens is 1. The highest BCUT2D eigenvalue weighted by Crippen LogP contribution is 1.42. The van der Waals surface area contributed by atoms with E-state index in [1.165, 1.54) is 0 Å². The number of hydrogen-bond acceptors (Lipinski definition) is 2. The first-order valence-corrected chi connectivity index (χ1v) is 1.31. The quantitative estimate of drug-likeness (QED) is 0.395. The standard InChI is InChI=1S/CH2O3.ClH2N/c2-1(3)4;1-2/h(H2,2,3,4);2H2. The Morgan fingerprint density at radius 2 is 1.50 bits per heavy atom. The van der Waals surface area contributed by atoms with Crippen molar-refractivity contribution in [1.82, 2.24) is 0 Å². The van der Waals surface area contributed by atoms with Gasteiger partial charge >= 0.3 is 6.16 Å². The summed E-state index contributed by atoms with van der Waals surface area (Å²) in [5, 5.41) is 17.9. The lowest BCUT2D eigenvalue weighted by Crippen LogP contribution is -1.81. The average molecular weight is 113 g/mol. The molecule has 0 atom stereocenters. The van der Waals surface area contributed by atoms with Gasteiger partial charge in [0, 0.05) is 0 Å². The average Bonchev–Trinajstić information content (AvgIpc) is 1.41. The van der Waals surface area contributed by atoms with Crippen LogP contribution in [0.3, 0.4) is 0 Å². The van der Waals surface area contributed by atoms with Gasteiger partial charge in [0.25, 0.3) is 0 Å². The van der Waals surface area contributed by atoms with Crippen LogP contribution in [0.5, 0.6) is 0 Å². The van der Waals surface area contributed by atoms with Gasteiger partial charge in [0.05, 0.1) is 0 Å². The van der Waals surface area contributed by atoms with Crippen LogP contribution in [0.25, 0.3) is 0 Å². The fraction of sp³-hybridized carbons (Fsp3) is 0. The summed E-state index contributed by atoms with van der Waals surface area (Å²) in [5.41, 5.74) is 0. The fourth-order valence-corrected chi connectivity index (χ4v) is 0. The van der Waals surface area contributed by atoms with Gasteiger partial charge in [-0.3, -0.25) is 0 Å². The van der Waals surface area contributed by atoms with E-state index < -0.39 is 6.16 Å². The Kier molecular flexibility index (Phi) is 13.4. The Balaban J connectivity index is 0. The van der Waals surface area contributed by atoms with Gasteiger partial charge in [-0.2, -0.15) is 0 Å². The van der Waals surface area contributed by atoms with Gasteiger partial charge in [-0.05, 0) is 11.8 Å². The van der Waals surface area contributed by atoms with Crippen molar-refractivity contribution in [3.05, 3.63) is 0 Å². The number of rotatable bonds is 0. The van der Waals surface area contributed by atoms with Crippen LogP contribution in [0, 0.1) is 0 Å². The highest BCUT2D eigenvalue weighted by Gasteiger charge is 1.70. The Bertz CT molecular complexity index is 33.8. The molecule has 0 aromatic rings.